The van der Waals surface area contributed by atoms with Gasteiger partial charge in [-0.2, -0.15) is 0 Å². The van der Waals surface area contributed by atoms with Crippen LogP contribution in [0.2, 0.25) is 0 Å². The highest BCUT2D eigenvalue weighted by Gasteiger charge is 2.36. The van der Waals surface area contributed by atoms with Gasteiger partial charge in [0.25, 0.3) is 0 Å². The van der Waals surface area contributed by atoms with E-state index in [4.69, 9.17) is 0 Å². The molecule has 1 aliphatic heterocycles. The Morgan fingerprint density at radius 3 is 2.32 bits per heavy atom. The molecule has 0 unspecified atom stereocenters. The van der Waals surface area contributed by atoms with Crippen molar-refractivity contribution in [2.75, 3.05) is 11.9 Å². The molecule has 0 spiro atoms. The van der Waals surface area contributed by atoms with Crippen molar-refractivity contribution < 1.29 is 0 Å². The zero-order chi connectivity index (χ0) is 13.5. The van der Waals surface area contributed by atoms with E-state index in [1.807, 2.05) is 0 Å². The van der Waals surface area contributed by atoms with Crippen LogP contribution in [0.5, 0.6) is 0 Å². The summed E-state index contributed by atoms with van der Waals surface area (Å²) >= 11 is 0. The molecule has 0 saturated heterocycles. The van der Waals surface area contributed by atoms with Crippen LogP contribution >= 0.6 is 0 Å². The van der Waals surface area contributed by atoms with E-state index in [9.17, 15) is 0 Å². The lowest BCUT2D eigenvalue weighted by atomic mass is 9.76. The molecule has 98 valence electrons. The molecule has 0 aromatic heterocycles. The summed E-state index contributed by atoms with van der Waals surface area (Å²) < 4.78 is 0. The van der Waals surface area contributed by atoms with Crippen LogP contribution in [0.1, 0.15) is 37.3 Å². The predicted molar refractivity (Wildman–Crippen MR) is 81.8 cm³/mol. The number of benzene rings is 2. The van der Waals surface area contributed by atoms with Gasteiger partial charge in [0.2, 0.25) is 0 Å². The Kier molecular flexibility index (Phi) is 2.85. The Morgan fingerprint density at radius 1 is 0.947 bits per heavy atom. The highest BCUT2D eigenvalue weighted by atomic mass is 15.2. The number of hydrogen-bond donors (Lipinski definition) is 0. The Morgan fingerprint density at radius 2 is 1.58 bits per heavy atom. The van der Waals surface area contributed by atoms with E-state index in [1.54, 1.807) is 0 Å². The lowest BCUT2D eigenvalue weighted by molar-refractivity contribution is 0.406. The average molecular weight is 251 g/mol. The largest absolute Gasteiger partial charge is 0.369 e. The average Bonchev–Trinajstić information content (AvgIpc) is 2.44. The monoisotopic (exact) mass is 251 g/mol. The smallest absolute Gasteiger partial charge is 0.0406 e. The second-order valence-electron chi connectivity index (χ2n) is 6.10. The SMILES string of the molecule is CN1c2ccccc2[C@@H](c2ccccc2)CC1(C)C. The second-order valence-corrected chi connectivity index (χ2v) is 6.10. The third kappa shape index (κ3) is 2.03. The molecule has 2 aromatic carbocycles. The Balaban J connectivity index is 2.14. The molecule has 1 aliphatic rings. The molecule has 0 amide bonds. The van der Waals surface area contributed by atoms with E-state index in [2.05, 4.69) is 80.4 Å². The van der Waals surface area contributed by atoms with E-state index in [0.717, 1.165) is 6.42 Å². The highest BCUT2D eigenvalue weighted by Crippen LogP contribution is 2.45. The van der Waals surface area contributed by atoms with E-state index in [1.165, 1.54) is 16.8 Å². The molecule has 0 bridgehead atoms. The molecular formula is C18H21N. The number of hydrogen-bond acceptors (Lipinski definition) is 1. The van der Waals surface area contributed by atoms with Crippen molar-refractivity contribution in [2.45, 2.75) is 31.7 Å². The van der Waals surface area contributed by atoms with Crippen molar-refractivity contribution in [3.8, 4) is 0 Å². The van der Waals surface area contributed by atoms with E-state index >= 15 is 0 Å². The second kappa shape index (κ2) is 4.41. The molecule has 19 heavy (non-hydrogen) atoms. The van der Waals surface area contributed by atoms with Gasteiger partial charge in [-0.15, -0.1) is 0 Å². The minimum atomic E-state index is 0.189. The maximum Gasteiger partial charge on any atom is 0.0406 e. The van der Waals surface area contributed by atoms with Crippen LogP contribution in [0.3, 0.4) is 0 Å². The Bertz CT molecular complexity index is 571. The van der Waals surface area contributed by atoms with Crippen LogP contribution in [0.4, 0.5) is 5.69 Å². The van der Waals surface area contributed by atoms with Crippen molar-refractivity contribution >= 4 is 5.69 Å². The number of fused-ring (bicyclic) bond motifs is 1. The number of para-hydroxylation sites is 1. The molecule has 0 fully saturated rings. The van der Waals surface area contributed by atoms with Gasteiger partial charge < -0.3 is 4.90 Å². The topological polar surface area (TPSA) is 3.24 Å². The fourth-order valence-corrected chi connectivity index (χ4v) is 3.14. The quantitative estimate of drug-likeness (QED) is 0.724. The first kappa shape index (κ1) is 12.3. The minimum absolute atomic E-state index is 0.189. The predicted octanol–water partition coefficient (Wildman–Crippen LogP) is 4.44. The van der Waals surface area contributed by atoms with Gasteiger partial charge in [-0.05, 0) is 37.5 Å². The Labute approximate surface area is 115 Å². The van der Waals surface area contributed by atoms with Crippen molar-refractivity contribution in [3.63, 3.8) is 0 Å². The van der Waals surface area contributed by atoms with E-state index < -0.39 is 0 Å². The van der Waals surface area contributed by atoms with Crippen molar-refractivity contribution in [1.29, 1.82) is 0 Å². The van der Waals surface area contributed by atoms with Gasteiger partial charge in [-0.1, -0.05) is 48.5 Å². The highest BCUT2D eigenvalue weighted by molar-refractivity contribution is 5.61. The van der Waals surface area contributed by atoms with Gasteiger partial charge in [0.1, 0.15) is 0 Å². The third-order valence-electron chi connectivity index (χ3n) is 4.49. The number of anilines is 1. The molecule has 0 aliphatic carbocycles. The van der Waals surface area contributed by atoms with Gasteiger partial charge in [0.05, 0.1) is 0 Å². The molecule has 2 aromatic rings. The van der Waals surface area contributed by atoms with Crippen LogP contribution in [-0.4, -0.2) is 12.6 Å². The molecule has 3 rings (SSSR count). The van der Waals surface area contributed by atoms with E-state index in [-0.39, 0.29) is 5.54 Å². The Hall–Kier alpha value is -1.76. The molecule has 1 heteroatoms. The fourth-order valence-electron chi connectivity index (χ4n) is 3.14. The van der Waals surface area contributed by atoms with Gasteiger partial charge in [0.15, 0.2) is 0 Å². The van der Waals surface area contributed by atoms with E-state index in [0.29, 0.717) is 5.92 Å². The van der Waals surface area contributed by atoms with Gasteiger partial charge in [0, 0.05) is 24.2 Å². The first-order chi connectivity index (χ1) is 9.09. The third-order valence-corrected chi connectivity index (χ3v) is 4.49. The molecular weight excluding hydrogens is 230 g/mol. The first-order valence-corrected chi connectivity index (χ1v) is 6.97. The number of rotatable bonds is 1. The summed E-state index contributed by atoms with van der Waals surface area (Å²) in [6, 6.07) is 19.7. The normalized spacial score (nSPS) is 21.0. The van der Waals surface area contributed by atoms with Crippen LogP contribution in [-0.2, 0) is 0 Å². The summed E-state index contributed by atoms with van der Waals surface area (Å²) in [5.41, 5.74) is 4.44. The van der Waals surface area contributed by atoms with Crippen LogP contribution in [0.15, 0.2) is 54.6 Å². The van der Waals surface area contributed by atoms with Crippen molar-refractivity contribution in [3.05, 3.63) is 65.7 Å². The summed E-state index contributed by atoms with van der Waals surface area (Å²) in [6.45, 7) is 4.66. The molecule has 0 saturated carbocycles. The lowest BCUT2D eigenvalue weighted by Gasteiger charge is -2.46. The summed E-state index contributed by atoms with van der Waals surface area (Å²) in [5.74, 6) is 0.503. The zero-order valence-corrected chi connectivity index (χ0v) is 11.9. The summed E-state index contributed by atoms with van der Waals surface area (Å²) in [4.78, 5) is 2.42. The fraction of sp³-hybridized carbons (Fsp3) is 0.333. The van der Waals surface area contributed by atoms with Crippen LogP contribution in [0.25, 0.3) is 0 Å². The lowest BCUT2D eigenvalue weighted by Crippen LogP contribution is -2.46. The van der Waals surface area contributed by atoms with Crippen LogP contribution in [0, 0.1) is 0 Å². The summed E-state index contributed by atoms with van der Waals surface area (Å²) in [5, 5.41) is 0. The number of nitrogens with zero attached hydrogens (tertiary/aromatic N) is 1. The molecule has 1 atom stereocenters. The zero-order valence-electron chi connectivity index (χ0n) is 11.9. The van der Waals surface area contributed by atoms with Gasteiger partial charge in [-0.25, -0.2) is 0 Å². The van der Waals surface area contributed by atoms with Crippen molar-refractivity contribution in [2.24, 2.45) is 0 Å². The maximum absolute atomic E-state index is 2.42. The maximum atomic E-state index is 2.42. The standard InChI is InChI=1S/C18H21N/c1-18(2)13-16(14-9-5-4-6-10-14)15-11-7-8-12-17(15)19(18)3/h4-12,16H,13H2,1-3H3/t16-/m1/s1. The van der Waals surface area contributed by atoms with Gasteiger partial charge in [-0.3, -0.25) is 0 Å². The molecule has 0 radical (unpaired) electrons. The summed E-state index contributed by atoms with van der Waals surface area (Å²) in [6.07, 6.45) is 1.16. The minimum Gasteiger partial charge on any atom is -0.369 e. The first-order valence-electron chi connectivity index (χ1n) is 6.97. The molecule has 1 heterocycles. The van der Waals surface area contributed by atoms with Gasteiger partial charge >= 0.3 is 0 Å². The summed E-state index contributed by atoms with van der Waals surface area (Å²) in [7, 11) is 2.21. The molecule has 1 nitrogen and oxygen atoms in total. The van der Waals surface area contributed by atoms with Crippen molar-refractivity contribution in [1.82, 2.24) is 0 Å². The van der Waals surface area contributed by atoms with Crippen LogP contribution < -0.4 is 4.90 Å². The molecule has 0 N–H and O–H groups in total.